The first-order chi connectivity index (χ1) is 36.8. The van der Waals surface area contributed by atoms with Crippen molar-refractivity contribution in [1.82, 2.24) is 9.80 Å². The van der Waals surface area contributed by atoms with Crippen LogP contribution in [0.3, 0.4) is 0 Å². The highest BCUT2D eigenvalue weighted by Gasteiger charge is 2.50. The van der Waals surface area contributed by atoms with Crippen LogP contribution >= 0.6 is 31.9 Å². The SMILES string of the molecule is CCCCCCCCCCCCC(CCCCCCCCCC)CN(C)C1=CC2C(=CC1C(C=O)c1ccc(Br)o1)N(CC(CCCCCCCCCC)CCCCCCCCCCCC)C(=O)C2c1ccc(Br)o1. The van der Waals surface area contributed by atoms with Crippen LogP contribution in [0.1, 0.15) is 308 Å². The van der Waals surface area contributed by atoms with Crippen molar-refractivity contribution in [3.8, 4) is 0 Å². The molecule has 8 heteroatoms. The van der Waals surface area contributed by atoms with E-state index in [0.29, 0.717) is 32.7 Å². The van der Waals surface area contributed by atoms with E-state index in [2.05, 4.69) is 88.6 Å². The molecule has 75 heavy (non-hydrogen) atoms. The predicted octanol–water partition coefficient (Wildman–Crippen LogP) is 22.2. The summed E-state index contributed by atoms with van der Waals surface area (Å²) in [5.74, 6) is 1.04. The Morgan fingerprint density at radius 3 is 1.28 bits per heavy atom. The Bertz CT molecular complexity index is 1820. The van der Waals surface area contributed by atoms with Crippen LogP contribution in [0.2, 0.25) is 0 Å². The number of hydrogen-bond acceptors (Lipinski definition) is 5. The molecule has 6 atom stereocenters. The van der Waals surface area contributed by atoms with Gasteiger partial charge in [0.15, 0.2) is 9.34 Å². The second-order valence-corrected chi connectivity index (χ2v) is 25.3. The number of rotatable bonds is 49. The Kier molecular flexibility index (Phi) is 35.8. The van der Waals surface area contributed by atoms with Gasteiger partial charge in [-0.3, -0.25) is 4.79 Å². The number of hydrogen-bond donors (Lipinski definition) is 0. The number of likely N-dealkylation sites (tertiary alicyclic amines) is 1. The van der Waals surface area contributed by atoms with E-state index in [1.807, 2.05) is 24.3 Å². The van der Waals surface area contributed by atoms with Crippen LogP contribution in [0.4, 0.5) is 0 Å². The molecule has 2 aromatic rings. The van der Waals surface area contributed by atoms with Gasteiger partial charge in [0, 0.05) is 43.4 Å². The molecule has 2 aliphatic rings. The number of carbonyl (C=O) groups is 2. The highest BCUT2D eigenvalue weighted by Crippen LogP contribution is 2.50. The van der Waals surface area contributed by atoms with E-state index >= 15 is 4.79 Å². The lowest BCUT2D eigenvalue weighted by Gasteiger charge is -2.37. The normalized spacial score (nSPS) is 17.8. The maximum atomic E-state index is 15.3. The zero-order chi connectivity index (χ0) is 53.7. The van der Waals surface area contributed by atoms with Gasteiger partial charge in [-0.25, -0.2) is 0 Å². The van der Waals surface area contributed by atoms with Crippen molar-refractivity contribution in [2.24, 2.45) is 23.7 Å². The lowest BCUT2D eigenvalue weighted by Crippen LogP contribution is -2.35. The summed E-state index contributed by atoms with van der Waals surface area (Å²) < 4.78 is 13.9. The Labute approximate surface area is 478 Å². The maximum absolute atomic E-state index is 15.3. The molecule has 3 heterocycles. The average Bonchev–Trinajstić information content (AvgIpc) is 4.11. The van der Waals surface area contributed by atoms with Gasteiger partial charge in [0.1, 0.15) is 23.7 Å². The molecular formula is C67H112Br2N2O4. The summed E-state index contributed by atoms with van der Waals surface area (Å²) >= 11 is 7.17. The zero-order valence-electron chi connectivity index (χ0n) is 49.0. The lowest BCUT2D eigenvalue weighted by molar-refractivity contribution is -0.129. The summed E-state index contributed by atoms with van der Waals surface area (Å²) in [6, 6.07) is 7.80. The number of aldehydes is 1. The summed E-state index contributed by atoms with van der Waals surface area (Å²) in [6.45, 7) is 10.8. The molecular weight excluding hydrogens is 1060 g/mol. The standard InChI is InChI=1S/C67H112Br2N2O4/c1-6-10-14-18-22-26-28-32-35-39-43-55(42-38-34-30-24-20-16-12-8-3)52-70(5)60-51-58-61(50-57(60)59(54-72)62-46-48-64(68)74-62)71(67(73)66(58)63-47-49-65(69)75-63)53-56(44-40-36-31-25-21-17-13-9-4)45-41-37-33-29-27-23-19-15-11-7-2/h46-51,54-59,66H,6-45,52-53H2,1-5H3. The van der Waals surface area contributed by atoms with Crippen LogP contribution in [0, 0.1) is 23.7 Å². The molecule has 6 unspecified atom stereocenters. The van der Waals surface area contributed by atoms with Crippen molar-refractivity contribution < 1.29 is 18.4 Å². The number of amides is 1. The molecule has 0 radical (unpaired) electrons. The highest BCUT2D eigenvalue weighted by atomic mass is 79.9. The summed E-state index contributed by atoms with van der Waals surface area (Å²) in [6.07, 6.45) is 58.5. The van der Waals surface area contributed by atoms with Crippen LogP contribution in [0.5, 0.6) is 0 Å². The van der Waals surface area contributed by atoms with Crippen molar-refractivity contribution in [2.45, 2.75) is 296 Å². The molecule has 0 aromatic carbocycles. The van der Waals surface area contributed by atoms with Crippen molar-refractivity contribution in [2.75, 3.05) is 20.1 Å². The van der Waals surface area contributed by atoms with Gasteiger partial charge in [0.05, 0.1) is 5.92 Å². The fraction of sp³-hybridized carbons (Fsp3) is 0.791. The molecule has 6 nitrogen and oxygen atoms in total. The largest absolute Gasteiger partial charge is 0.454 e. The zero-order valence-corrected chi connectivity index (χ0v) is 52.2. The van der Waals surface area contributed by atoms with Gasteiger partial charge in [-0.2, -0.15) is 0 Å². The minimum absolute atomic E-state index is 0.132. The Morgan fingerprint density at radius 2 is 0.907 bits per heavy atom. The van der Waals surface area contributed by atoms with Gasteiger partial charge in [-0.15, -0.1) is 0 Å². The number of halogens is 2. The third-order valence-electron chi connectivity index (χ3n) is 17.2. The Hall–Kier alpha value is -2.06. The van der Waals surface area contributed by atoms with Crippen LogP contribution in [-0.4, -0.2) is 42.1 Å². The van der Waals surface area contributed by atoms with Gasteiger partial charge in [0.25, 0.3) is 0 Å². The molecule has 0 saturated carbocycles. The molecule has 2 aromatic heterocycles. The minimum Gasteiger partial charge on any atom is -0.454 e. The third kappa shape index (κ3) is 25.3. The van der Waals surface area contributed by atoms with Crippen LogP contribution < -0.4 is 0 Å². The number of allylic oxidation sites excluding steroid dienone is 2. The molecule has 428 valence electrons. The molecule has 1 amide bonds. The Morgan fingerprint density at radius 1 is 0.520 bits per heavy atom. The molecule has 1 aliphatic carbocycles. The summed E-state index contributed by atoms with van der Waals surface area (Å²) in [5.41, 5.74) is 2.17. The third-order valence-corrected chi connectivity index (χ3v) is 18.1. The molecule has 0 N–H and O–H groups in total. The predicted molar refractivity (Wildman–Crippen MR) is 326 cm³/mol. The van der Waals surface area contributed by atoms with E-state index in [9.17, 15) is 4.79 Å². The second kappa shape index (κ2) is 41.0. The van der Waals surface area contributed by atoms with Crippen molar-refractivity contribution in [3.05, 3.63) is 68.7 Å². The minimum atomic E-state index is -0.528. The second-order valence-electron chi connectivity index (χ2n) is 23.7. The maximum Gasteiger partial charge on any atom is 0.238 e. The first-order valence-electron chi connectivity index (χ1n) is 32.2. The number of fused-ring (bicyclic) bond motifs is 1. The van der Waals surface area contributed by atoms with Crippen molar-refractivity contribution in [3.63, 3.8) is 0 Å². The molecule has 1 fully saturated rings. The van der Waals surface area contributed by atoms with Crippen LogP contribution in [0.25, 0.3) is 0 Å². The number of carbonyl (C=O) groups excluding carboxylic acids is 2. The molecule has 4 rings (SSSR count). The summed E-state index contributed by atoms with van der Waals surface area (Å²) in [5, 5.41) is 0. The first kappa shape index (κ1) is 65.5. The van der Waals surface area contributed by atoms with Crippen LogP contribution in [0.15, 0.2) is 66.0 Å². The van der Waals surface area contributed by atoms with Gasteiger partial charge >= 0.3 is 0 Å². The van der Waals surface area contributed by atoms with E-state index in [-0.39, 0.29) is 17.7 Å². The highest BCUT2D eigenvalue weighted by molar-refractivity contribution is 9.10. The topological polar surface area (TPSA) is 66.9 Å². The lowest BCUT2D eigenvalue weighted by atomic mass is 9.78. The Balaban J connectivity index is 1.60. The van der Waals surface area contributed by atoms with E-state index < -0.39 is 11.8 Å². The van der Waals surface area contributed by atoms with Crippen molar-refractivity contribution in [1.29, 1.82) is 0 Å². The van der Waals surface area contributed by atoms with Gasteiger partial charge in [-0.05, 0) is 93.6 Å². The quantitative estimate of drug-likeness (QED) is 0.0488. The van der Waals surface area contributed by atoms with Gasteiger partial charge in [-0.1, -0.05) is 271 Å². The van der Waals surface area contributed by atoms with Crippen molar-refractivity contribution >= 4 is 44.1 Å². The number of unbranched alkanes of at least 4 members (excludes halogenated alkanes) is 32. The van der Waals surface area contributed by atoms with Crippen LogP contribution in [-0.2, 0) is 9.59 Å². The molecule has 1 aliphatic heterocycles. The van der Waals surface area contributed by atoms with Gasteiger partial charge < -0.3 is 23.4 Å². The van der Waals surface area contributed by atoms with E-state index in [1.54, 1.807) is 0 Å². The molecule has 0 spiro atoms. The first-order valence-corrected chi connectivity index (χ1v) is 33.8. The fourth-order valence-electron chi connectivity index (χ4n) is 12.6. The fourth-order valence-corrected chi connectivity index (χ4v) is 13.3. The van der Waals surface area contributed by atoms with E-state index in [0.717, 1.165) is 43.6 Å². The van der Waals surface area contributed by atoms with Gasteiger partial charge in [0.2, 0.25) is 5.91 Å². The molecule has 0 bridgehead atoms. The number of furan rings is 2. The average molecular weight is 1170 g/mol. The number of nitrogens with zero attached hydrogens (tertiary/aromatic N) is 2. The smallest absolute Gasteiger partial charge is 0.238 e. The molecule has 1 saturated heterocycles. The monoisotopic (exact) mass is 1170 g/mol. The summed E-state index contributed by atoms with van der Waals surface area (Å²) in [4.78, 5) is 33.5. The van der Waals surface area contributed by atoms with E-state index in [4.69, 9.17) is 8.83 Å². The summed E-state index contributed by atoms with van der Waals surface area (Å²) in [7, 11) is 2.26. The van der Waals surface area contributed by atoms with E-state index in [1.165, 1.54) is 244 Å².